The van der Waals surface area contributed by atoms with Gasteiger partial charge in [-0.15, -0.1) is 0 Å². The number of hydrogen-bond acceptors (Lipinski definition) is 15. The van der Waals surface area contributed by atoms with Crippen molar-refractivity contribution in [3.8, 4) is 0 Å². The largest absolute Gasteiger partial charge is 0.472 e. The van der Waals surface area contributed by atoms with E-state index in [0.29, 0.717) is 31.6 Å². The van der Waals surface area contributed by atoms with Gasteiger partial charge in [0.25, 0.3) is 0 Å². The smallest absolute Gasteiger partial charge is 0.462 e. The van der Waals surface area contributed by atoms with Crippen LogP contribution in [0, 0.1) is 17.8 Å². The van der Waals surface area contributed by atoms with Crippen LogP contribution in [0.5, 0.6) is 0 Å². The maximum atomic E-state index is 13.0. The summed E-state index contributed by atoms with van der Waals surface area (Å²) in [6, 6.07) is 0. The Morgan fingerprint density at radius 3 is 0.916 bits per heavy atom. The number of aliphatic hydroxyl groups excluding tert-OH is 1. The van der Waals surface area contributed by atoms with E-state index in [4.69, 9.17) is 37.0 Å². The predicted molar refractivity (Wildman–Crippen MR) is 331 cm³/mol. The summed E-state index contributed by atoms with van der Waals surface area (Å²) in [4.78, 5) is 72.2. The second-order valence-electron chi connectivity index (χ2n) is 24.3. The zero-order valence-corrected chi connectivity index (χ0v) is 55.4. The van der Waals surface area contributed by atoms with E-state index in [0.717, 1.165) is 115 Å². The second-order valence-corrected chi connectivity index (χ2v) is 27.3. The van der Waals surface area contributed by atoms with Crippen LogP contribution in [0.4, 0.5) is 0 Å². The van der Waals surface area contributed by atoms with Crippen molar-refractivity contribution in [1.29, 1.82) is 0 Å². The molecule has 0 aliphatic rings. The summed E-state index contributed by atoms with van der Waals surface area (Å²) in [7, 11) is -9.89. The van der Waals surface area contributed by atoms with Crippen molar-refractivity contribution in [2.45, 2.75) is 330 Å². The Kier molecular flexibility index (Phi) is 54.1. The zero-order valence-electron chi connectivity index (χ0n) is 53.6. The van der Waals surface area contributed by atoms with Crippen LogP contribution in [-0.2, 0) is 65.4 Å². The lowest BCUT2D eigenvalue weighted by molar-refractivity contribution is -0.161. The van der Waals surface area contributed by atoms with Gasteiger partial charge in [-0.2, -0.15) is 0 Å². The molecule has 0 aliphatic heterocycles. The minimum absolute atomic E-state index is 0.105. The van der Waals surface area contributed by atoms with Gasteiger partial charge in [-0.05, 0) is 43.4 Å². The van der Waals surface area contributed by atoms with Gasteiger partial charge in [-0.3, -0.25) is 37.3 Å². The van der Waals surface area contributed by atoms with Crippen molar-refractivity contribution < 1.29 is 80.2 Å². The topological polar surface area (TPSA) is 237 Å². The minimum atomic E-state index is -4.95. The quantitative estimate of drug-likeness (QED) is 0.0222. The molecule has 19 heteroatoms. The molecule has 0 heterocycles. The molecule has 0 radical (unpaired) electrons. The third-order valence-electron chi connectivity index (χ3n) is 15.0. The Balaban J connectivity index is 5.24. The molecule has 0 aromatic rings. The maximum absolute atomic E-state index is 13.0. The van der Waals surface area contributed by atoms with E-state index in [1.165, 1.54) is 109 Å². The Bertz CT molecular complexity index is 1650. The molecule has 0 saturated heterocycles. The molecule has 6 atom stereocenters. The average Bonchev–Trinajstić information content (AvgIpc) is 3.44. The van der Waals surface area contributed by atoms with Gasteiger partial charge in [0.2, 0.25) is 0 Å². The summed E-state index contributed by atoms with van der Waals surface area (Å²) in [5, 5.41) is 10.5. The molecule has 3 N–H and O–H groups in total. The van der Waals surface area contributed by atoms with Gasteiger partial charge in [0.15, 0.2) is 12.2 Å². The van der Waals surface area contributed by atoms with Crippen molar-refractivity contribution >= 4 is 39.5 Å². The second kappa shape index (κ2) is 55.4. The van der Waals surface area contributed by atoms with Gasteiger partial charge in [-0.1, -0.05) is 260 Å². The molecule has 0 aromatic carbocycles. The summed E-state index contributed by atoms with van der Waals surface area (Å²) in [5.74, 6) is 0.0379. The fourth-order valence-electron chi connectivity index (χ4n) is 9.45. The molecule has 83 heavy (non-hydrogen) atoms. The molecule has 0 rings (SSSR count). The van der Waals surface area contributed by atoms with Gasteiger partial charge in [-0.25, -0.2) is 9.13 Å². The summed E-state index contributed by atoms with van der Waals surface area (Å²) < 4.78 is 68.0. The Morgan fingerprint density at radius 2 is 0.614 bits per heavy atom. The van der Waals surface area contributed by atoms with Crippen LogP contribution in [0.25, 0.3) is 0 Å². The molecule has 492 valence electrons. The summed E-state index contributed by atoms with van der Waals surface area (Å²) >= 11 is 0. The number of phosphoric acid groups is 2. The first-order chi connectivity index (χ1) is 39.8. The van der Waals surface area contributed by atoms with E-state index in [2.05, 4.69) is 48.5 Å². The maximum Gasteiger partial charge on any atom is 0.472 e. The Morgan fingerprint density at radius 1 is 0.349 bits per heavy atom. The van der Waals surface area contributed by atoms with Crippen molar-refractivity contribution in [3.05, 3.63) is 0 Å². The molecular formula is C64H124O17P2. The predicted octanol–water partition coefficient (Wildman–Crippen LogP) is 17.5. The van der Waals surface area contributed by atoms with E-state index in [1.807, 2.05) is 0 Å². The van der Waals surface area contributed by atoms with Gasteiger partial charge >= 0.3 is 39.5 Å². The monoisotopic (exact) mass is 1230 g/mol. The number of carbonyl (C=O) groups excluding carboxylic acids is 4. The minimum Gasteiger partial charge on any atom is -0.462 e. The van der Waals surface area contributed by atoms with Crippen LogP contribution in [-0.4, -0.2) is 96.7 Å². The fraction of sp³-hybridized carbons (Fsp3) is 0.938. The highest BCUT2D eigenvalue weighted by molar-refractivity contribution is 7.47. The third-order valence-corrected chi connectivity index (χ3v) is 16.9. The number of hydrogen-bond donors (Lipinski definition) is 3. The van der Waals surface area contributed by atoms with Crippen molar-refractivity contribution in [1.82, 2.24) is 0 Å². The van der Waals surface area contributed by atoms with E-state index in [1.54, 1.807) is 0 Å². The Hall–Kier alpha value is -1.94. The first-order valence-corrected chi connectivity index (χ1v) is 36.4. The first-order valence-electron chi connectivity index (χ1n) is 33.4. The van der Waals surface area contributed by atoms with Gasteiger partial charge < -0.3 is 33.8 Å². The van der Waals surface area contributed by atoms with Crippen LogP contribution >= 0.6 is 15.6 Å². The number of unbranched alkanes of at least 4 members (excludes halogenated alkanes) is 29. The van der Waals surface area contributed by atoms with E-state index < -0.39 is 97.5 Å². The van der Waals surface area contributed by atoms with Gasteiger partial charge in [0, 0.05) is 25.7 Å². The standard InChI is InChI=1S/C64H124O17P2/c1-8-10-11-12-13-14-19-22-33-40-47-63(68)80-59(51-74-61(66)45-38-31-26-24-29-36-43-56(5)6)53-78-82(70,71)76-49-58(65)50-77-83(72,73)79-54-60(52-75-62(67)46-39-32-27-25-30-37-44-57(7)9-2)81-64(69)48-41-34-23-20-17-15-16-18-21-28-35-42-55(3)4/h55-60,65H,8-54H2,1-7H3,(H,70,71)(H,72,73)/t57?,58-,59+,60+/m0/s1. The van der Waals surface area contributed by atoms with E-state index in [9.17, 15) is 43.2 Å². The van der Waals surface area contributed by atoms with Crippen molar-refractivity contribution in [2.75, 3.05) is 39.6 Å². The molecule has 17 nitrogen and oxygen atoms in total. The number of esters is 4. The molecule has 3 unspecified atom stereocenters. The van der Waals surface area contributed by atoms with Crippen LogP contribution in [0.3, 0.4) is 0 Å². The number of carbonyl (C=O) groups is 4. The molecule has 0 saturated carbocycles. The molecule has 0 bridgehead atoms. The molecular weight excluding hydrogens is 1100 g/mol. The number of phosphoric ester groups is 2. The lowest BCUT2D eigenvalue weighted by Crippen LogP contribution is -2.30. The molecule has 0 fully saturated rings. The molecule has 0 aromatic heterocycles. The van der Waals surface area contributed by atoms with Crippen LogP contribution in [0.15, 0.2) is 0 Å². The summed E-state index contributed by atoms with van der Waals surface area (Å²) in [6.45, 7) is 11.7. The Labute approximate surface area is 505 Å². The van der Waals surface area contributed by atoms with Crippen LogP contribution in [0.1, 0.15) is 312 Å². The summed E-state index contributed by atoms with van der Waals surface area (Å²) in [6.07, 6.45) is 36.3. The summed E-state index contributed by atoms with van der Waals surface area (Å²) in [5.41, 5.74) is 0. The van der Waals surface area contributed by atoms with E-state index >= 15 is 0 Å². The van der Waals surface area contributed by atoms with E-state index in [-0.39, 0.29) is 25.7 Å². The van der Waals surface area contributed by atoms with Crippen molar-refractivity contribution in [3.63, 3.8) is 0 Å². The normalized spacial score (nSPS) is 14.7. The third kappa shape index (κ3) is 57.6. The lowest BCUT2D eigenvalue weighted by Gasteiger charge is -2.21. The SMILES string of the molecule is CCCCCCCCCCCCC(=O)O[C@H](COC(=O)CCCCCCCCC(C)C)COP(=O)(O)OC[C@H](O)COP(=O)(O)OC[C@@H](COC(=O)CCCCCCCCC(C)CC)OC(=O)CCCCCCCCCCCCCC(C)C. The first kappa shape index (κ1) is 81.1. The molecule has 0 aliphatic carbocycles. The highest BCUT2D eigenvalue weighted by Crippen LogP contribution is 2.45. The lowest BCUT2D eigenvalue weighted by atomic mass is 10.00. The van der Waals surface area contributed by atoms with Gasteiger partial charge in [0.05, 0.1) is 26.4 Å². The molecule has 0 spiro atoms. The number of ether oxygens (including phenoxy) is 4. The molecule has 0 amide bonds. The van der Waals surface area contributed by atoms with Gasteiger partial charge in [0.1, 0.15) is 19.3 Å². The number of rotatable bonds is 62. The highest BCUT2D eigenvalue weighted by atomic mass is 31.2. The highest BCUT2D eigenvalue weighted by Gasteiger charge is 2.30. The fourth-order valence-corrected chi connectivity index (χ4v) is 11.0. The zero-order chi connectivity index (χ0) is 61.7. The van der Waals surface area contributed by atoms with Crippen LogP contribution in [0.2, 0.25) is 0 Å². The van der Waals surface area contributed by atoms with Crippen molar-refractivity contribution in [2.24, 2.45) is 17.8 Å². The number of aliphatic hydroxyl groups is 1. The van der Waals surface area contributed by atoms with Crippen LogP contribution < -0.4 is 0 Å². The average molecular weight is 1230 g/mol.